The second-order valence-electron chi connectivity index (χ2n) is 9.57. The van der Waals surface area contributed by atoms with Gasteiger partial charge in [-0.05, 0) is 44.0 Å². The van der Waals surface area contributed by atoms with Crippen LogP contribution < -0.4 is 14.5 Å². The second-order valence-corrected chi connectivity index (χ2v) is 9.57. The molecule has 0 amide bonds. The van der Waals surface area contributed by atoms with Gasteiger partial charge >= 0.3 is 0 Å². The highest BCUT2D eigenvalue weighted by Gasteiger charge is 2.39. The van der Waals surface area contributed by atoms with Gasteiger partial charge in [0, 0.05) is 23.9 Å². The first-order valence-corrected chi connectivity index (χ1v) is 12.3. The number of hydrogen-bond donors (Lipinski definition) is 1. The summed E-state index contributed by atoms with van der Waals surface area (Å²) < 4.78 is 16.9. The van der Waals surface area contributed by atoms with Crippen molar-refractivity contribution in [3.8, 4) is 17.0 Å². The van der Waals surface area contributed by atoms with Crippen molar-refractivity contribution in [2.24, 2.45) is 0 Å². The van der Waals surface area contributed by atoms with Crippen LogP contribution in [0.3, 0.4) is 0 Å². The number of rotatable bonds is 5. The Morgan fingerprint density at radius 3 is 2.66 bits per heavy atom. The maximum atomic E-state index is 9.78. The minimum atomic E-state index is -0.101. The number of methoxy groups -OCH3 is 1. The second kappa shape index (κ2) is 9.22. The van der Waals surface area contributed by atoms with E-state index in [2.05, 4.69) is 16.7 Å². The standard InChI is InChI=1S/C26H31N5O4/c1-16-13-34-8-7-30(16)26-28-23-10-22(17-3-6-24(33-2)18(9-17)12-32)27-11-21(23)25(29-26)31-19-4-5-20(31)15-35-14-19/h3,6,9-11,16,19-20,32H,4-5,7-8,12-15H2,1-2H3. The van der Waals surface area contributed by atoms with E-state index in [4.69, 9.17) is 29.2 Å². The Morgan fingerprint density at radius 2 is 1.91 bits per heavy atom. The van der Waals surface area contributed by atoms with Gasteiger partial charge in [-0.25, -0.2) is 4.98 Å². The quantitative estimate of drug-likeness (QED) is 0.595. The molecule has 3 atom stereocenters. The highest BCUT2D eigenvalue weighted by Crippen LogP contribution is 2.38. The Kier molecular flexibility index (Phi) is 5.91. The number of morpholine rings is 2. The monoisotopic (exact) mass is 477 g/mol. The van der Waals surface area contributed by atoms with E-state index >= 15 is 0 Å². The fourth-order valence-corrected chi connectivity index (χ4v) is 5.54. The summed E-state index contributed by atoms with van der Waals surface area (Å²) in [4.78, 5) is 19.6. The van der Waals surface area contributed by atoms with Gasteiger partial charge in [-0.3, -0.25) is 4.98 Å². The molecule has 0 radical (unpaired) electrons. The van der Waals surface area contributed by atoms with Gasteiger partial charge in [-0.1, -0.05) is 0 Å². The first kappa shape index (κ1) is 22.5. The minimum Gasteiger partial charge on any atom is -0.496 e. The number of aliphatic hydroxyl groups excluding tert-OH is 1. The molecule has 184 valence electrons. The molecule has 9 nitrogen and oxygen atoms in total. The average molecular weight is 478 g/mol. The van der Waals surface area contributed by atoms with Crippen LogP contribution in [0.5, 0.6) is 5.75 Å². The van der Waals surface area contributed by atoms with Crippen LogP contribution in [0.2, 0.25) is 0 Å². The molecule has 3 unspecified atom stereocenters. The normalized spacial score (nSPS) is 24.3. The van der Waals surface area contributed by atoms with Crippen LogP contribution in [0.4, 0.5) is 11.8 Å². The number of ether oxygens (including phenoxy) is 3. The van der Waals surface area contributed by atoms with E-state index in [-0.39, 0.29) is 12.6 Å². The summed E-state index contributed by atoms with van der Waals surface area (Å²) in [6, 6.07) is 8.63. The van der Waals surface area contributed by atoms with Crippen LogP contribution in [0.25, 0.3) is 22.2 Å². The Bertz CT molecular complexity index is 1220. The van der Waals surface area contributed by atoms with Crippen molar-refractivity contribution in [1.29, 1.82) is 0 Å². The topological polar surface area (TPSA) is 93.1 Å². The van der Waals surface area contributed by atoms with E-state index in [1.807, 2.05) is 30.5 Å². The third kappa shape index (κ3) is 3.97. The number of aliphatic hydroxyl groups is 1. The lowest BCUT2D eigenvalue weighted by Crippen LogP contribution is -2.47. The molecule has 2 aromatic heterocycles. The Labute approximate surface area is 204 Å². The molecule has 3 aliphatic rings. The molecular formula is C26H31N5O4. The summed E-state index contributed by atoms with van der Waals surface area (Å²) in [5.74, 6) is 2.34. The van der Waals surface area contributed by atoms with Gasteiger partial charge in [0.15, 0.2) is 0 Å². The van der Waals surface area contributed by atoms with Gasteiger partial charge in [0.1, 0.15) is 11.6 Å². The molecule has 0 aliphatic carbocycles. The highest BCUT2D eigenvalue weighted by molar-refractivity contribution is 5.92. The SMILES string of the molecule is COc1ccc(-c2cc3nc(N4CCOCC4C)nc(N4C5CCC4COC5)c3cn2)cc1CO. The molecule has 35 heavy (non-hydrogen) atoms. The summed E-state index contributed by atoms with van der Waals surface area (Å²) in [7, 11) is 1.60. The summed E-state index contributed by atoms with van der Waals surface area (Å²) in [6.07, 6.45) is 4.12. The van der Waals surface area contributed by atoms with Gasteiger partial charge in [-0.2, -0.15) is 4.98 Å². The number of pyridine rings is 1. The van der Waals surface area contributed by atoms with Crippen molar-refractivity contribution in [3.05, 3.63) is 36.0 Å². The first-order chi connectivity index (χ1) is 17.2. The number of benzene rings is 1. The van der Waals surface area contributed by atoms with Crippen molar-refractivity contribution in [3.63, 3.8) is 0 Å². The van der Waals surface area contributed by atoms with Gasteiger partial charge in [0.05, 0.1) is 74.9 Å². The van der Waals surface area contributed by atoms with Crippen molar-refractivity contribution in [2.75, 3.05) is 49.9 Å². The van der Waals surface area contributed by atoms with Gasteiger partial charge in [0.25, 0.3) is 0 Å². The molecule has 0 saturated carbocycles. The lowest BCUT2D eigenvalue weighted by atomic mass is 10.1. The predicted octanol–water partition coefficient (Wildman–Crippen LogP) is 2.79. The summed E-state index contributed by atoms with van der Waals surface area (Å²) >= 11 is 0. The van der Waals surface area contributed by atoms with Crippen molar-refractivity contribution in [2.45, 2.75) is 44.5 Å². The maximum absolute atomic E-state index is 9.78. The molecule has 2 bridgehead atoms. The number of hydrogen-bond acceptors (Lipinski definition) is 9. The van der Waals surface area contributed by atoms with Gasteiger partial charge in [-0.15, -0.1) is 0 Å². The van der Waals surface area contributed by atoms with Crippen LogP contribution in [-0.4, -0.2) is 78.3 Å². The molecule has 6 rings (SSSR count). The van der Waals surface area contributed by atoms with Crippen molar-refractivity contribution in [1.82, 2.24) is 15.0 Å². The van der Waals surface area contributed by atoms with Crippen LogP contribution >= 0.6 is 0 Å². The summed E-state index contributed by atoms with van der Waals surface area (Å²) in [5.41, 5.74) is 3.29. The van der Waals surface area contributed by atoms with Crippen LogP contribution in [0.1, 0.15) is 25.3 Å². The number of anilines is 2. The van der Waals surface area contributed by atoms with E-state index in [0.717, 1.165) is 72.1 Å². The Morgan fingerprint density at radius 1 is 1.09 bits per heavy atom. The summed E-state index contributed by atoms with van der Waals surface area (Å²) in [5, 5.41) is 10.7. The van der Waals surface area contributed by atoms with Gasteiger partial charge in [0.2, 0.25) is 5.95 Å². The molecular weight excluding hydrogens is 446 g/mol. The number of nitrogens with zero attached hydrogens (tertiary/aromatic N) is 5. The summed E-state index contributed by atoms with van der Waals surface area (Å²) in [6.45, 7) is 5.60. The van der Waals surface area contributed by atoms with Crippen LogP contribution in [0.15, 0.2) is 30.5 Å². The fraction of sp³-hybridized carbons (Fsp3) is 0.500. The molecule has 3 aliphatic heterocycles. The molecule has 1 aromatic carbocycles. The predicted molar refractivity (Wildman–Crippen MR) is 133 cm³/mol. The molecule has 3 saturated heterocycles. The molecule has 1 N–H and O–H groups in total. The Balaban J connectivity index is 1.49. The first-order valence-electron chi connectivity index (χ1n) is 12.3. The van der Waals surface area contributed by atoms with E-state index in [9.17, 15) is 5.11 Å². The maximum Gasteiger partial charge on any atom is 0.228 e. The molecule has 3 aromatic rings. The zero-order valence-electron chi connectivity index (χ0n) is 20.2. The van der Waals surface area contributed by atoms with Crippen LogP contribution in [0, 0.1) is 0 Å². The number of fused-ring (bicyclic) bond motifs is 3. The third-order valence-electron chi connectivity index (χ3n) is 7.41. The molecule has 0 spiro atoms. The van der Waals surface area contributed by atoms with E-state index in [1.54, 1.807) is 7.11 Å². The van der Waals surface area contributed by atoms with Gasteiger partial charge < -0.3 is 29.1 Å². The third-order valence-corrected chi connectivity index (χ3v) is 7.41. The van der Waals surface area contributed by atoms with Crippen LogP contribution in [-0.2, 0) is 16.1 Å². The average Bonchev–Trinajstić information content (AvgIpc) is 3.14. The highest BCUT2D eigenvalue weighted by atomic mass is 16.5. The minimum absolute atomic E-state index is 0.101. The van der Waals surface area contributed by atoms with E-state index in [1.165, 1.54) is 0 Å². The van der Waals surface area contributed by atoms with E-state index in [0.29, 0.717) is 31.0 Å². The molecule has 5 heterocycles. The molecule has 3 fully saturated rings. The number of aromatic nitrogens is 3. The largest absolute Gasteiger partial charge is 0.496 e. The zero-order chi connectivity index (χ0) is 23.9. The Hall–Kier alpha value is -3.01. The zero-order valence-corrected chi connectivity index (χ0v) is 20.2. The van der Waals surface area contributed by atoms with E-state index < -0.39 is 0 Å². The smallest absolute Gasteiger partial charge is 0.228 e. The lowest BCUT2D eigenvalue weighted by Gasteiger charge is -2.38. The van der Waals surface area contributed by atoms with Crippen molar-refractivity contribution < 1.29 is 19.3 Å². The molecule has 9 heteroatoms. The lowest BCUT2D eigenvalue weighted by molar-refractivity contribution is 0.0902. The van der Waals surface area contributed by atoms with Crippen molar-refractivity contribution >= 4 is 22.7 Å². The fourth-order valence-electron chi connectivity index (χ4n) is 5.54.